The van der Waals surface area contributed by atoms with E-state index >= 15 is 0 Å². The molecule has 0 unspecified atom stereocenters. The lowest BCUT2D eigenvalue weighted by Gasteiger charge is -2.13. The van der Waals surface area contributed by atoms with E-state index in [9.17, 15) is 13.2 Å². The van der Waals surface area contributed by atoms with Gasteiger partial charge in [-0.15, -0.1) is 0 Å². The van der Waals surface area contributed by atoms with Crippen molar-refractivity contribution < 1.29 is 13.2 Å². The molecule has 0 aliphatic heterocycles. The second kappa shape index (κ2) is 6.04. The van der Waals surface area contributed by atoms with E-state index in [2.05, 4.69) is 10.7 Å². The number of thiocarbonyl (C=S) groups is 1. The Labute approximate surface area is 106 Å². The first-order valence-electron chi connectivity index (χ1n) is 4.49. The molecule has 0 radical (unpaired) electrons. The molecule has 0 aliphatic carbocycles. The lowest BCUT2D eigenvalue weighted by molar-refractivity contribution is -0.125. The summed E-state index contributed by atoms with van der Waals surface area (Å²) in [6.45, 7) is -1.18. The fraction of sp³-hybridized carbons (Fsp3) is 0.222. The highest BCUT2D eigenvalue weighted by molar-refractivity contribution is 7.80. The van der Waals surface area contributed by atoms with Crippen molar-refractivity contribution in [1.82, 2.24) is 10.9 Å². The summed E-state index contributed by atoms with van der Waals surface area (Å²) < 4.78 is 35.4. The molecule has 0 amide bonds. The van der Waals surface area contributed by atoms with Crippen LogP contribution in [0.3, 0.4) is 0 Å². The largest absolute Gasteiger partial charge is 0.402 e. The van der Waals surface area contributed by atoms with Crippen molar-refractivity contribution >= 4 is 34.6 Å². The van der Waals surface area contributed by atoms with Gasteiger partial charge in [0.2, 0.25) is 0 Å². The van der Waals surface area contributed by atoms with Crippen molar-refractivity contribution in [1.29, 1.82) is 0 Å². The van der Waals surface area contributed by atoms with Crippen molar-refractivity contribution in [2.75, 3.05) is 11.9 Å². The minimum absolute atomic E-state index is 0.00218. The molecule has 0 spiro atoms. The van der Waals surface area contributed by atoms with E-state index in [0.717, 1.165) is 0 Å². The summed E-state index contributed by atoms with van der Waals surface area (Å²) in [4.78, 5) is 0. The van der Waals surface area contributed by atoms with Gasteiger partial charge in [0.25, 0.3) is 0 Å². The zero-order valence-electron chi connectivity index (χ0n) is 8.44. The first-order valence-corrected chi connectivity index (χ1v) is 5.28. The summed E-state index contributed by atoms with van der Waals surface area (Å²) in [5, 5.41) is 3.08. The van der Waals surface area contributed by atoms with Crippen LogP contribution in [-0.4, -0.2) is 17.8 Å². The summed E-state index contributed by atoms with van der Waals surface area (Å²) in [5.74, 6) is 0. The average Bonchev–Trinajstić information content (AvgIpc) is 2.19. The highest BCUT2D eigenvalue weighted by Gasteiger charge is 2.26. The van der Waals surface area contributed by atoms with Gasteiger partial charge in [-0.05, 0) is 24.4 Å². The smallest absolute Gasteiger partial charge is 0.330 e. The molecule has 0 aromatic heterocycles. The van der Waals surface area contributed by atoms with Crippen LogP contribution >= 0.6 is 23.8 Å². The molecule has 3 N–H and O–H groups in total. The number of nitrogens with one attached hydrogen (secondary N) is 3. The van der Waals surface area contributed by atoms with Gasteiger partial charge in [0.15, 0.2) is 5.11 Å². The highest BCUT2D eigenvalue weighted by Crippen LogP contribution is 2.20. The fourth-order valence-corrected chi connectivity index (χ4v) is 1.31. The first kappa shape index (κ1) is 14.0. The summed E-state index contributed by atoms with van der Waals surface area (Å²) in [5.41, 5.74) is 4.66. The van der Waals surface area contributed by atoms with Crippen LogP contribution in [0.2, 0.25) is 5.02 Å². The van der Waals surface area contributed by atoms with Gasteiger partial charge in [-0.2, -0.15) is 13.2 Å². The molecule has 1 aromatic carbocycles. The second-order valence-corrected chi connectivity index (χ2v) is 3.84. The first-order chi connectivity index (χ1) is 7.88. The number of hydrazine groups is 1. The molecule has 94 valence electrons. The third-order valence-corrected chi connectivity index (χ3v) is 2.15. The predicted octanol–water partition coefficient (Wildman–Crippen LogP) is 2.69. The Balaban J connectivity index is 2.38. The third kappa shape index (κ3) is 5.71. The number of rotatable bonds is 3. The van der Waals surface area contributed by atoms with Gasteiger partial charge in [-0.3, -0.25) is 5.43 Å². The monoisotopic (exact) mass is 283 g/mol. The van der Waals surface area contributed by atoms with E-state index in [1.54, 1.807) is 24.3 Å². The van der Waals surface area contributed by atoms with E-state index < -0.39 is 12.7 Å². The summed E-state index contributed by atoms with van der Waals surface area (Å²) in [6.07, 6.45) is -4.30. The molecule has 0 bridgehead atoms. The third-order valence-electron chi connectivity index (χ3n) is 1.61. The molecule has 3 nitrogen and oxygen atoms in total. The number of alkyl halides is 3. The lowest BCUT2D eigenvalue weighted by atomic mass is 10.3. The minimum atomic E-state index is -4.30. The number of hydrogen-bond acceptors (Lipinski definition) is 2. The van der Waals surface area contributed by atoms with Crippen LogP contribution < -0.4 is 16.2 Å². The summed E-state index contributed by atoms with van der Waals surface area (Å²) >= 11 is 10.6. The standard InChI is InChI=1S/C9H9ClF3N3S/c10-6-3-1-2-4-7(6)15-8(17)16-14-5-9(11,12)13/h1-4,14H,5H2,(H2,15,16,17). The van der Waals surface area contributed by atoms with Crippen LogP contribution in [0.5, 0.6) is 0 Å². The van der Waals surface area contributed by atoms with Crippen molar-refractivity contribution in [3.05, 3.63) is 29.3 Å². The van der Waals surface area contributed by atoms with E-state index in [0.29, 0.717) is 10.7 Å². The summed E-state index contributed by atoms with van der Waals surface area (Å²) in [7, 11) is 0. The maximum absolute atomic E-state index is 11.8. The molecular weight excluding hydrogens is 275 g/mol. The Hall–Kier alpha value is -1.05. The minimum Gasteiger partial charge on any atom is -0.330 e. The van der Waals surface area contributed by atoms with Crippen LogP contribution in [-0.2, 0) is 0 Å². The summed E-state index contributed by atoms with van der Waals surface area (Å²) in [6, 6.07) is 6.74. The highest BCUT2D eigenvalue weighted by atomic mass is 35.5. The molecule has 17 heavy (non-hydrogen) atoms. The van der Waals surface area contributed by atoms with Crippen LogP contribution in [0.15, 0.2) is 24.3 Å². The van der Waals surface area contributed by atoms with Crippen molar-refractivity contribution in [3.63, 3.8) is 0 Å². The van der Waals surface area contributed by atoms with Crippen LogP contribution in [0.1, 0.15) is 0 Å². The Morgan fingerprint density at radius 2 is 1.94 bits per heavy atom. The van der Waals surface area contributed by atoms with Gasteiger partial charge >= 0.3 is 6.18 Å². The fourth-order valence-electron chi connectivity index (χ4n) is 0.941. The predicted molar refractivity (Wildman–Crippen MR) is 64.9 cm³/mol. The average molecular weight is 284 g/mol. The van der Waals surface area contributed by atoms with Gasteiger partial charge in [0.1, 0.15) is 6.54 Å². The van der Waals surface area contributed by atoms with Crippen molar-refractivity contribution in [2.24, 2.45) is 0 Å². The number of halogens is 4. The SMILES string of the molecule is FC(F)(F)CNNC(=S)Nc1ccccc1Cl. The molecule has 0 saturated heterocycles. The van der Waals surface area contributed by atoms with Crippen molar-refractivity contribution in [2.45, 2.75) is 6.18 Å². The second-order valence-electron chi connectivity index (χ2n) is 3.03. The lowest BCUT2D eigenvalue weighted by Crippen LogP contribution is -2.44. The van der Waals surface area contributed by atoms with Gasteiger partial charge in [-0.1, -0.05) is 23.7 Å². The Kier molecular flexibility index (Phi) is 4.98. The zero-order valence-corrected chi connectivity index (χ0v) is 10.0. The topological polar surface area (TPSA) is 36.1 Å². The quantitative estimate of drug-likeness (QED) is 0.589. The Morgan fingerprint density at radius 1 is 1.29 bits per heavy atom. The van der Waals surface area contributed by atoms with Crippen molar-refractivity contribution in [3.8, 4) is 0 Å². The molecule has 0 saturated carbocycles. The maximum Gasteiger partial charge on any atom is 0.402 e. The van der Waals surface area contributed by atoms with Crippen LogP contribution in [0.25, 0.3) is 0 Å². The molecular formula is C9H9ClF3N3S. The molecule has 8 heteroatoms. The van der Waals surface area contributed by atoms with Crippen LogP contribution in [0.4, 0.5) is 18.9 Å². The molecule has 0 atom stereocenters. The van der Waals surface area contributed by atoms with E-state index in [-0.39, 0.29) is 5.11 Å². The molecule has 1 rings (SSSR count). The normalized spacial score (nSPS) is 11.1. The molecule has 0 heterocycles. The maximum atomic E-state index is 11.8. The van der Waals surface area contributed by atoms with Gasteiger partial charge in [0.05, 0.1) is 10.7 Å². The van der Waals surface area contributed by atoms with E-state index in [1.165, 1.54) is 0 Å². The molecule has 0 aliphatic rings. The van der Waals surface area contributed by atoms with Gasteiger partial charge in [-0.25, -0.2) is 5.43 Å². The number of hydrogen-bond donors (Lipinski definition) is 3. The Bertz CT molecular complexity index is 397. The van der Waals surface area contributed by atoms with E-state index in [4.69, 9.17) is 23.8 Å². The number of anilines is 1. The Morgan fingerprint density at radius 3 is 2.53 bits per heavy atom. The molecule has 0 fully saturated rings. The zero-order chi connectivity index (χ0) is 12.9. The van der Waals surface area contributed by atoms with Crippen LogP contribution in [0, 0.1) is 0 Å². The number of benzene rings is 1. The van der Waals surface area contributed by atoms with Gasteiger partial charge in [0, 0.05) is 0 Å². The van der Waals surface area contributed by atoms with E-state index in [1.807, 2.05) is 5.43 Å². The molecule has 1 aromatic rings. The number of para-hydroxylation sites is 1. The van der Waals surface area contributed by atoms with Gasteiger partial charge < -0.3 is 5.32 Å².